The van der Waals surface area contributed by atoms with Crippen LogP contribution in [0.2, 0.25) is 0 Å². The molecule has 43 heavy (non-hydrogen) atoms. The lowest BCUT2D eigenvalue weighted by Crippen LogP contribution is -2.41. The van der Waals surface area contributed by atoms with E-state index in [0.717, 1.165) is 17.5 Å². The largest absolute Gasteiger partial charge is 0.375 e. The first-order valence-corrected chi connectivity index (χ1v) is 17.8. The number of benzene rings is 2. The molecule has 3 rings (SSSR count). The number of nitrogens with zero attached hydrogens (tertiary/aromatic N) is 5. The van der Waals surface area contributed by atoms with Crippen LogP contribution in [0.3, 0.4) is 0 Å². The third kappa shape index (κ3) is 9.76. The number of anilines is 2. The summed E-state index contributed by atoms with van der Waals surface area (Å²) in [7, 11) is 17.2. The van der Waals surface area contributed by atoms with Gasteiger partial charge in [0.05, 0.1) is 31.5 Å². The van der Waals surface area contributed by atoms with Crippen LogP contribution in [0.5, 0.6) is 0 Å². The van der Waals surface area contributed by atoms with E-state index >= 15 is 0 Å². The summed E-state index contributed by atoms with van der Waals surface area (Å²) < 4.78 is 6.89. The fraction of sp³-hybridized carbons (Fsp3) is 0.649. The lowest BCUT2D eigenvalue weighted by molar-refractivity contribution is 0.537. The second kappa shape index (κ2) is 17.7. The summed E-state index contributed by atoms with van der Waals surface area (Å²) in [5, 5.41) is 3.74. The van der Waals surface area contributed by atoms with Crippen molar-refractivity contribution >= 4 is 49.2 Å². The van der Waals surface area contributed by atoms with Gasteiger partial charge in [-0.05, 0) is 18.9 Å². The van der Waals surface area contributed by atoms with Crippen LogP contribution in [0.1, 0.15) is 103 Å². The molecule has 0 atom stereocenters. The molecule has 0 radical (unpaired) electrons. The van der Waals surface area contributed by atoms with Crippen molar-refractivity contribution in [2.75, 3.05) is 66.2 Å². The molecule has 6 heteroatoms. The Morgan fingerprint density at radius 3 is 1.72 bits per heavy atom. The standard InChI is InChI=1S/C37H61N5S/c1-10-11-12-13-14-15-16-17-18-19-20-21-22-23-24-25-30-34(40(4)5)33-37(36(42(8)9)35(30)41(6)7)43-32-28-29(39(2)3)26-27-31(32)38-33/h25-28H,10-24H2,1-9H3/q+2/b30-25-. The van der Waals surface area contributed by atoms with E-state index in [2.05, 4.69) is 107 Å². The van der Waals surface area contributed by atoms with Crippen molar-refractivity contribution in [3.8, 4) is 0 Å². The zero-order valence-corrected chi connectivity index (χ0v) is 29.9. The Morgan fingerprint density at radius 2 is 1.23 bits per heavy atom. The van der Waals surface area contributed by atoms with E-state index in [-0.39, 0.29) is 0 Å². The highest BCUT2D eigenvalue weighted by atomic mass is 32.1. The number of unbranched alkanes of at least 4 members (excludes halogenated alkanes) is 14. The van der Waals surface area contributed by atoms with Crippen LogP contribution < -0.4 is 34.9 Å². The molecule has 0 N–H and O–H groups in total. The molecular formula is C37H61N5S+2. The topological polar surface area (TPSA) is 25.4 Å². The molecule has 0 saturated heterocycles. The maximum atomic E-state index is 5.31. The van der Waals surface area contributed by atoms with Gasteiger partial charge in [0.1, 0.15) is 28.2 Å². The van der Waals surface area contributed by atoms with Gasteiger partial charge in [-0.2, -0.15) is 0 Å². The van der Waals surface area contributed by atoms with Crippen molar-refractivity contribution < 1.29 is 0 Å². The van der Waals surface area contributed by atoms with Gasteiger partial charge in [0.2, 0.25) is 10.7 Å². The normalized spacial score (nSPS) is 12.0. The summed E-state index contributed by atoms with van der Waals surface area (Å²) in [6, 6.07) is 6.62. The Morgan fingerprint density at radius 1 is 0.698 bits per heavy atom. The van der Waals surface area contributed by atoms with Crippen molar-refractivity contribution in [3.63, 3.8) is 0 Å². The zero-order valence-electron chi connectivity index (χ0n) is 29.1. The fourth-order valence-electron chi connectivity index (χ4n) is 6.18. The van der Waals surface area contributed by atoms with Gasteiger partial charge in [0.15, 0.2) is 5.52 Å². The highest BCUT2D eigenvalue weighted by molar-refractivity contribution is 7.25. The van der Waals surface area contributed by atoms with Gasteiger partial charge in [-0.15, -0.1) is 11.3 Å². The molecule has 0 fully saturated rings. The molecule has 1 aromatic heterocycles. The second-order valence-electron chi connectivity index (χ2n) is 13.2. The third-order valence-electron chi connectivity index (χ3n) is 8.54. The summed E-state index contributed by atoms with van der Waals surface area (Å²) in [6.45, 7) is 2.30. The van der Waals surface area contributed by atoms with Crippen LogP contribution in [0.4, 0.5) is 11.4 Å². The van der Waals surface area contributed by atoms with Gasteiger partial charge in [-0.25, -0.2) is 14.1 Å². The highest BCUT2D eigenvalue weighted by Gasteiger charge is 2.22. The molecule has 238 valence electrons. The van der Waals surface area contributed by atoms with Crippen LogP contribution in [-0.2, 0) is 0 Å². The Kier molecular flexibility index (Phi) is 14.4. The molecule has 0 aliphatic rings. The molecule has 0 aliphatic heterocycles. The monoisotopic (exact) mass is 607 g/mol. The zero-order chi connectivity index (χ0) is 31.4. The van der Waals surface area contributed by atoms with E-state index in [1.54, 1.807) is 0 Å². The Labute approximate surface area is 266 Å². The number of aromatic nitrogens is 1. The quantitative estimate of drug-likeness (QED) is 0.0937. The molecule has 3 aromatic rings. The Balaban J connectivity index is 1.77. The number of hydrogen-bond donors (Lipinski definition) is 0. The van der Waals surface area contributed by atoms with E-state index in [0.29, 0.717) is 0 Å². The molecule has 0 amide bonds. The van der Waals surface area contributed by atoms with Crippen molar-refractivity contribution in [1.82, 2.24) is 14.1 Å². The van der Waals surface area contributed by atoms with E-state index in [1.165, 1.54) is 127 Å². The third-order valence-corrected chi connectivity index (χ3v) is 9.68. The smallest absolute Gasteiger partial charge is 0.236 e. The molecule has 2 aromatic carbocycles. The van der Waals surface area contributed by atoms with Crippen LogP contribution in [0.15, 0.2) is 18.2 Å². The van der Waals surface area contributed by atoms with Gasteiger partial charge in [-0.3, -0.25) is 0 Å². The lowest BCUT2D eigenvalue weighted by Gasteiger charge is -2.24. The minimum atomic E-state index is 1.06. The molecule has 1 heterocycles. The maximum absolute atomic E-state index is 5.31. The van der Waals surface area contributed by atoms with Crippen LogP contribution in [0.25, 0.3) is 26.5 Å². The van der Waals surface area contributed by atoms with Crippen molar-refractivity contribution in [3.05, 3.63) is 34.1 Å². The fourth-order valence-corrected chi connectivity index (χ4v) is 7.41. The van der Waals surface area contributed by atoms with Crippen molar-refractivity contribution in [2.45, 2.75) is 103 Å². The molecule has 0 bridgehead atoms. The number of hydrogen-bond acceptors (Lipinski definition) is 4. The van der Waals surface area contributed by atoms with E-state index < -0.39 is 0 Å². The summed E-state index contributed by atoms with van der Waals surface area (Å²) in [6.07, 6.45) is 23.1. The van der Waals surface area contributed by atoms with E-state index in [4.69, 9.17) is 4.98 Å². The maximum Gasteiger partial charge on any atom is 0.236 e. The van der Waals surface area contributed by atoms with Gasteiger partial charge in [0.25, 0.3) is 0 Å². The lowest BCUT2D eigenvalue weighted by atomic mass is 10.0. The minimum absolute atomic E-state index is 1.06. The van der Waals surface area contributed by atoms with Gasteiger partial charge in [-0.1, -0.05) is 96.5 Å². The molecule has 5 nitrogen and oxygen atoms in total. The molecule has 0 saturated carbocycles. The van der Waals surface area contributed by atoms with E-state index in [1.807, 2.05) is 11.3 Å². The predicted octanol–water partition coefficient (Wildman–Crippen LogP) is 7.02. The Bertz CT molecular complexity index is 1510. The van der Waals surface area contributed by atoms with Crippen molar-refractivity contribution in [1.29, 1.82) is 0 Å². The highest BCUT2D eigenvalue weighted by Crippen LogP contribution is 2.35. The average Bonchev–Trinajstić information content (AvgIpc) is 2.96. The Hall–Kier alpha value is -2.47. The number of fused-ring (bicyclic) bond motifs is 2. The van der Waals surface area contributed by atoms with Crippen LogP contribution in [-0.4, -0.2) is 61.4 Å². The summed E-state index contributed by atoms with van der Waals surface area (Å²) in [5.74, 6) is 0. The van der Waals surface area contributed by atoms with Crippen LogP contribution in [0, 0.1) is 0 Å². The van der Waals surface area contributed by atoms with E-state index in [9.17, 15) is 0 Å². The number of rotatable bonds is 17. The summed E-state index contributed by atoms with van der Waals surface area (Å²) in [4.78, 5) is 9.89. The summed E-state index contributed by atoms with van der Waals surface area (Å²) >= 11 is 1.86. The van der Waals surface area contributed by atoms with Crippen LogP contribution >= 0.6 is 11.3 Å². The summed E-state index contributed by atoms with van der Waals surface area (Å²) in [5.41, 5.74) is 4.70. The molecular weight excluding hydrogens is 547 g/mol. The van der Waals surface area contributed by atoms with Crippen molar-refractivity contribution in [2.24, 2.45) is 0 Å². The first kappa shape index (κ1) is 35.0. The molecule has 0 spiro atoms. The average molecular weight is 608 g/mol. The SMILES string of the molecule is CCCCCCCCCCCCCCCC/C=c1\c(N(C)C)c(N(C)C)c2sc3cc(=[N+](C)C)ccc3nc2c1=[N+](C)C. The molecule has 0 unspecified atom stereocenters. The predicted molar refractivity (Wildman–Crippen MR) is 195 cm³/mol. The van der Waals surface area contributed by atoms with Gasteiger partial charge < -0.3 is 9.80 Å². The van der Waals surface area contributed by atoms with Gasteiger partial charge in [0, 0.05) is 40.3 Å². The second-order valence-corrected chi connectivity index (χ2v) is 14.2. The van der Waals surface area contributed by atoms with Gasteiger partial charge >= 0.3 is 0 Å². The first-order valence-electron chi connectivity index (χ1n) is 17.0. The molecule has 0 aliphatic carbocycles. The first-order chi connectivity index (χ1) is 20.7. The minimum Gasteiger partial charge on any atom is -0.375 e.